The molecule has 0 fully saturated rings. The van der Waals surface area contributed by atoms with E-state index in [1.54, 1.807) is 19.1 Å². The topological polar surface area (TPSA) is 81.1 Å². The van der Waals surface area contributed by atoms with E-state index >= 15 is 0 Å². The fraction of sp³-hybridized carbons (Fsp3) is 0.158. The van der Waals surface area contributed by atoms with Crippen molar-refractivity contribution in [2.45, 2.75) is 20.0 Å². The Morgan fingerprint density at radius 1 is 1.16 bits per heavy atom. The maximum atomic E-state index is 13.7. The minimum atomic E-state index is -1.08. The van der Waals surface area contributed by atoms with Crippen LogP contribution in [0.25, 0.3) is 11.3 Å². The molecule has 6 heteroatoms. The molecule has 0 atom stereocenters. The normalized spacial score (nSPS) is 10.8. The molecule has 0 amide bonds. The van der Waals surface area contributed by atoms with E-state index in [1.807, 2.05) is 24.3 Å². The lowest BCUT2D eigenvalue weighted by atomic mass is 10.1. The first kappa shape index (κ1) is 16.9. The summed E-state index contributed by atoms with van der Waals surface area (Å²) in [6, 6.07) is 13.8. The number of carboxylic acids is 1. The van der Waals surface area contributed by atoms with Gasteiger partial charge >= 0.3 is 5.97 Å². The summed E-state index contributed by atoms with van der Waals surface area (Å²) in [7, 11) is 0. The summed E-state index contributed by atoms with van der Waals surface area (Å²) in [5, 5.41) is 13.8. The van der Waals surface area contributed by atoms with Crippen molar-refractivity contribution >= 4 is 5.97 Å². The second kappa shape index (κ2) is 6.86. The van der Waals surface area contributed by atoms with E-state index in [-0.39, 0.29) is 18.1 Å². The Bertz CT molecular complexity index is 917. The minimum absolute atomic E-state index is 0.0545. The summed E-state index contributed by atoms with van der Waals surface area (Å²) < 4.78 is 15.1. The maximum absolute atomic E-state index is 13.7. The zero-order valence-electron chi connectivity index (χ0n) is 13.7. The van der Waals surface area contributed by atoms with Crippen molar-refractivity contribution in [3.8, 4) is 11.3 Å². The van der Waals surface area contributed by atoms with Gasteiger partial charge in [0.25, 0.3) is 0 Å². The molecular weight excluding hydrogens is 321 g/mol. The van der Waals surface area contributed by atoms with E-state index in [1.165, 1.54) is 16.8 Å². The number of nitrogens with zero attached hydrogens (tertiary/aromatic N) is 2. The first-order valence-electron chi connectivity index (χ1n) is 7.83. The van der Waals surface area contributed by atoms with Gasteiger partial charge in [-0.1, -0.05) is 36.4 Å². The molecule has 0 aliphatic carbocycles. The summed E-state index contributed by atoms with van der Waals surface area (Å²) in [6.45, 7) is 2.30. The van der Waals surface area contributed by atoms with Gasteiger partial charge in [-0.3, -0.25) is 4.68 Å². The van der Waals surface area contributed by atoms with Gasteiger partial charge in [0, 0.05) is 12.1 Å². The van der Waals surface area contributed by atoms with Crippen LogP contribution in [-0.4, -0.2) is 20.9 Å². The zero-order valence-corrected chi connectivity index (χ0v) is 13.7. The number of benzene rings is 2. The Hall–Kier alpha value is -2.99. The molecule has 0 radical (unpaired) electrons. The molecule has 0 saturated carbocycles. The van der Waals surface area contributed by atoms with Gasteiger partial charge in [0.15, 0.2) is 0 Å². The SMILES string of the molecule is Cc1ccc(Cn2nc(-c3ccc(CN)cc3)cc2C(=O)O)cc1F. The first-order valence-corrected chi connectivity index (χ1v) is 7.83. The molecule has 3 aromatic rings. The van der Waals surface area contributed by atoms with Gasteiger partial charge in [-0.15, -0.1) is 0 Å². The van der Waals surface area contributed by atoms with E-state index < -0.39 is 5.97 Å². The summed E-state index contributed by atoms with van der Waals surface area (Å²) in [5.41, 5.74) is 9.17. The fourth-order valence-electron chi connectivity index (χ4n) is 2.57. The highest BCUT2D eigenvalue weighted by atomic mass is 19.1. The second-order valence-electron chi connectivity index (χ2n) is 5.86. The van der Waals surface area contributed by atoms with Gasteiger partial charge in [-0.2, -0.15) is 5.10 Å². The van der Waals surface area contributed by atoms with E-state index in [9.17, 15) is 14.3 Å². The Kier molecular flexibility index (Phi) is 4.63. The molecule has 0 unspecified atom stereocenters. The number of hydrogen-bond acceptors (Lipinski definition) is 3. The number of halogens is 1. The average Bonchev–Trinajstić information content (AvgIpc) is 3.02. The van der Waals surface area contributed by atoms with Crippen LogP contribution in [0.1, 0.15) is 27.2 Å². The molecule has 2 aromatic carbocycles. The van der Waals surface area contributed by atoms with Crippen molar-refractivity contribution in [2.75, 3.05) is 0 Å². The van der Waals surface area contributed by atoms with Gasteiger partial charge in [0.1, 0.15) is 11.5 Å². The third kappa shape index (κ3) is 3.59. The summed E-state index contributed by atoms with van der Waals surface area (Å²) in [4.78, 5) is 11.5. The highest BCUT2D eigenvalue weighted by molar-refractivity contribution is 5.87. The van der Waals surface area contributed by atoms with Crippen molar-refractivity contribution in [1.82, 2.24) is 9.78 Å². The minimum Gasteiger partial charge on any atom is -0.477 e. The summed E-state index contributed by atoms with van der Waals surface area (Å²) >= 11 is 0. The predicted octanol–water partition coefficient (Wildman–Crippen LogP) is 3.20. The number of hydrogen-bond donors (Lipinski definition) is 2. The highest BCUT2D eigenvalue weighted by Gasteiger charge is 2.16. The number of aryl methyl sites for hydroxylation is 1. The lowest BCUT2D eigenvalue weighted by Gasteiger charge is -2.06. The Balaban J connectivity index is 1.96. The Morgan fingerprint density at radius 2 is 1.84 bits per heavy atom. The lowest BCUT2D eigenvalue weighted by Crippen LogP contribution is -2.11. The molecule has 3 rings (SSSR count). The van der Waals surface area contributed by atoms with Crippen LogP contribution in [0.2, 0.25) is 0 Å². The van der Waals surface area contributed by atoms with Crippen LogP contribution in [0.4, 0.5) is 4.39 Å². The molecule has 5 nitrogen and oxygen atoms in total. The molecule has 25 heavy (non-hydrogen) atoms. The standard InChI is InChI=1S/C19H18FN3O2/c1-12-2-3-14(8-16(12)20)11-23-18(19(24)25)9-17(22-23)15-6-4-13(10-21)5-7-15/h2-9H,10-11,21H2,1H3,(H,24,25). The molecule has 0 spiro atoms. The number of aromatic carboxylic acids is 1. The third-order valence-electron chi connectivity index (χ3n) is 4.05. The Labute approximate surface area is 144 Å². The number of rotatable bonds is 5. The smallest absolute Gasteiger partial charge is 0.354 e. The quantitative estimate of drug-likeness (QED) is 0.748. The van der Waals surface area contributed by atoms with Crippen molar-refractivity contribution in [3.63, 3.8) is 0 Å². The number of carboxylic acid groups (broad SMARTS) is 1. The molecule has 0 saturated heterocycles. The molecule has 3 N–H and O–H groups in total. The molecule has 1 aromatic heterocycles. The monoisotopic (exact) mass is 339 g/mol. The summed E-state index contributed by atoms with van der Waals surface area (Å²) in [5.74, 6) is -1.40. The molecular formula is C19H18FN3O2. The lowest BCUT2D eigenvalue weighted by molar-refractivity contribution is 0.0684. The largest absolute Gasteiger partial charge is 0.477 e. The van der Waals surface area contributed by atoms with Crippen LogP contribution >= 0.6 is 0 Å². The molecule has 0 bridgehead atoms. The van der Waals surface area contributed by atoms with Crippen LogP contribution in [0.15, 0.2) is 48.5 Å². The van der Waals surface area contributed by atoms with E-state index in [0.717, 1.165) is 11.1 Å². The number of carbonyl (C=O) groups is 1. The van der Waals surface area contributed by atoms with Crippen molar-refractivity contribution in [2.24, 2.45) is 5.73 Å². The van der Waals surface area contributed by atoms with Crippen LogP contribution in [0.5, 0.6) is 0 Å². The van der Waals surface area contributed by atoms with Crippen molar-refractivity contribution in [1.29, 1.82) is 0 Å². The Morgan fingerprint density at radius 3 is 2.44 bits per heavy atom. The van der Waals surface area contributed by atoms with E-state index in [0.29, 0.717) is 23.4 Å². The number of aromatic nitrogens is 2. The van der Waals surface area contributed by atoms with Crippen LogP contribution in [0.3, 0.4) is 0 Å². The average molecular weight is 339 g/mol. The second-order valence-corrected chi connectivity index (χ2v) is 5.86. The fourth-order valence-corrected chi connectivity index (χ4v) is 2.57. The third-order valence-corrected chi connectivity index (χ3v) is 4.05. The van der Waals surface area contributed by atoms with Gasteiger partial charge in [-0.05, 0) is 35.7 Å². The van der Waals surface area contributed by atoms with Gasteiger partial charge in [0.2, 0.25) is 0 Å². The van der Waals surface area contributed by atoms with Crippen LogP contribution < -0.4 is 5.73 Å². The summed E-state index contributed by atoms with van der Waals surface area (Å²) in [6.07, 6.45) is 0. The molecule has 128 valence electrons. The zero-order chi connectivity index (χ0) is 18.0. The van der Waals surface area contributed by atoms with Crippen LogP contribution in [-0.2, 0) is 13.1 Å². The highest BCUT2D eigenvalue weighted by Crippen LogP contribution is 2.21. The van der Waals surface area contributed by atoms with Gasteiger partial charge < -0.3 is 10.8 Å². The number of nitrogens with two attached hydrogens (primary N) is 1. The molecule has 0 aliphatic rings. The van der Waals surface area contributed by atoms with Gasteiger partial charge in [0.05, 0.1) is 12.2 Å². The predicted molar refractivity (Wildman–Crippen MR) is 92.8 cm³/mol. The van der Waals surface area contributed by atoms with Gasteiger partial charge in [-0.25, -0.2) is 9.18 Å². The maximum Gasteiger partial charge on any atom is 0.354 e. The van der Waals surface area contributed by atoms with E-state index in [4.69, 9.17) is 5.73 Å². The van der Waals surface area contributed by atoms with Crippen molar-refractivity contribution in [3.05, 3.63) is 76.7 Å². The molecule has 1 heterocycles. The van der Waals surface area contributed by atoms with Crippen molar-refractivity contribution < 1.29 is 14.3 Å². The molecule has 0 aliphatic heterocycles. The van der Waals surface area contributed by atoms with E-state index in [2.05, 4.69) is 5.10 Å². The first-order chi connectivity index (χ1) is 12.0. The van der Waals surface area contributed by atoms with Crippen LogP contribution in [0, 0.1) is 12.7 Å².